The molecule has 1 aromatic heterocycles. The lowest BCUT2D eigenvalue weighted by molar-refractivity contribution is 0.0917. The molecule has 0 N–H and O–H groups in total. The Labute approximate surface area is 94.6 Å². The Hall–Kier alpha value is -0.710. The van der Waals surface area contributed by atoms with Gasteiger partial charge in [0.1, 0.15) is 11.3 Å². The molecule has 5 heteroatoms. The highest BCUT2D eigenvalue weighted by Crippen LogP contribution is 2.18. The molecule has 0 aliphatic rings. The maximum atomic E-state index is 5.88. The van der Waals surface area contributed by atoms with Crippen molar-refractivity contribution in [1.82, 2.24) is 9.97 Å². The van der Waals surface area contributed by atoms with Gasteiger partial charge in [-0.15, -0.1) is 0 Å². The predicted molar refractivity (Wildman–Crippen MR) is 57.8 cm³/mol. The molecule has 1 atom stereocenters. The number of nitrogens with zero attached hydrogens (tertiary/aromatic N) is 2. The summed E-state index contributed by atoms with van der Waals surface area (Å²) in [6.45, 7) is 2.43. The fraction of sp³-hybridized carbons (Fsp3) is 0.600. The van der Waals surface area contributed by atoms with Gasteiger partial charge in [-0.2, -0.15) is 0 Å². The summed E-state index contributed by atoms with van der Waals surface area (Å²) in [6.07, 6.45) is 0.697. The molecule has 0 spiro atoms. The Kier molecular flexibility index (Phi) is 4.94. The Morgan fingerprint density at radius 2 is 2.13 bits per heavy atom. The number of aromatic nitrogens is 2. The molecule has 1 aromatic rings. The lowest BCUT2D eigenvalue weighted by Gasteiger charge is -2.12. The van der Waals surface area contributed by atoms with E-state index in [-0.39, 0.29) is 6.10 Å². The van der Waals surface area contributed by atoms with Gasteiger partial charge in [-0.25, -0.2) is 9.97 Å². The zero-order valence-electron chi connectivity index (χ0n) is 9.16. The molecule has 1 unspecified atom stereocenters. The zero-order valence-corrected chi connectivity index (χ0v) is 9.91. The fourth-order valence-corrected chi connectivity index (χ4v) is 1.52. The normalized spacial score (nSPS) is 12.8. The van der Waals surface area contributed by atoms with Crippen molar-refractivity contribution in [2.24, 2.45) is 0 Å². The lowest BCUT2D eigenvalue weighted by Crippen LogP contribution is -2.08. The SMILES string of the molecule is CCC(OC)c1nc(Cl)cc(COC)n1. The summed E-state index contributed by atoms with van der Waals surface area (Å²) >= 11 is 5.88. The van der Waals surface area contributed by atoms with Gasteiger partial charge in [0.05, 0.1) is 12.3 Å². The Morgan fingerprint density at radius 3 is 2.67 bits per heavy atom. The van der Waals surface area contributed by atoms with E-state index in [4.69, 9.17) is 21.1 Å². The van der Waals surface area contributed by atoms with Crippen LogP contribution in [0.2, 0.25) is 5.15 Å². The molecular weight excluding hydrogens is 216 g/mol. The van der Waals surface area contributed by atoms with Crippen LogP contribution in [0.5, 0.6) is 0 Å². The number of rotatable bonds is 5. The van der Waals surface area contributed by atoms with E-state index in [1.165, 1.54) is 0 Å². The van der Waals surface area contributed by atoms with Crippen molar-refractivity contribution >= 4 is 11.6 Å². The number of hydrogen-bond acceptors (Lipinski definition) is 4. The second kappa shape index (κ2) is 6.00. The molecule has 0 aliphatic heterocycles. The quantitative estimate of drug-likeness (QED) is 0.729. The highest BCUT2D eigenvalue weighted by molar-refractivity contribution is 6.29. The maximum absolute atomic E-state index is 5.88. The monoisotopic (exact) mass is 230 g/mol. The van der Waals surface area contributed by atoms with Gasteiger partial charge in [-0.3, -0.25) is 0 Å². The molecule has 0 saturated heterocycles. The molecule has 0 bridgehead atoms. The number of halogens is 1. The van der Waals surface area contributed by atoms with Crippen LogP contribution in [0.1, 0.15) is 31.0 Å². The molecule has 0 amide bonds. The van der Waals surface area contributed by atoms with Gasteiger partial charge in [0.15, 0.2) is 5.82 Å². The van der Waals surface area contributed by atoms with E-state index in [0.717, 1.165) is 12.1 Å². The second-order valence-electron chi connectivity index (χ2n) is 3.11. The molecule has 4 nitrogen and oxygen atoms in total. The first-order valence-corrected chi connectivity index (χ1v) is 5.14. The van der Waals surface area contributed by atoms with Crippen LogP contribution in [-0.4, -0.2) is 24.2 Å². The van der Waals surface area contributed by atoms with Gasteiger partial charge >= 0.3 is 0 Å². The number of methoxy groups -OCH3 is 2. The van der Waals surface area contributed by atoms with Gasteiger partial charge < -0.3 is 9.47 Å². The average Bonchev–Trinajstić information content (AvgIpc) is 2.19. The zero-order chi connectivity index (χ0) is 11.3. The second-order valence-corrected chi connectivity index (χ2v) is 3.49. The summed E-state index contributed by atoms with van der Waals surface area (Å²) in [6, 6.07) is 1.69. The van der Waals surface area contributed by atoms with E-state index in [2.05, 4.69) is 9.97 Å². The van der Waals surface area contributed by atoms with Crippen LogP contribution in [0, 0.1) is 0 Å². The third-order valence-corrected chi connectivity index (χ3v) is 2.19. The van der Waals surface area contributed by atoms with E-state index in [1.54, 1.807) is 20.3 Å². The minimum atomic E-state index is -0.112. The molecule has 84 valence electrons. The average molecular weight is 231 g/mol. The van der Waals surface area contributed by atoms with E-state index in [1.807, 2.05) is 6.92 Å². The maximum Gasteiger partial charge on any atom is 0.159 e. The van der Waals surface area contributed by atoms with Gasteiger partial charge in [-0.05, 0) is 12.5 Å². The van der Waals surface area contributed by atoms with Gasteiger partial charge in [0.25, 0.3) is 0 Å². The van der Waals surface area contributed by atoms with Crippen LogP contribution in [0.15, 0.2) is 6.07 Å². The van der Waals surface area contributed by atoms with E-state index in [0.29, 0.717) is 17.6 Å². The molecule has 15 heavy (non-hydrogen) atoms. The van der Waals surface area contributed by atoms with Gasteiger partial charge in [-0.1, -0.05) is 18.5 Å². The topological polar surface area (TPSA) is 44.2 Å². The van der Waals surface area contributed by atoms with Crippen molar-refractivity contribution in [3.05, 3.63) is 22.7 Å². The number of hydrogen-bond donors (Lipinski definition) is 0. The van der Waals surface area contributed by atoms with Crippen molar-refractivity contribution in [2.45, 2.75) is 26.1 Å². The highest BCUT2D eigenvalue weighted by atomic mass is 35.5. The molecule has 1 rings (SSSR count). The van der Waals surface area contributed by atoms with Crippen molar-refractivity contribution in [2.75, 3.05) is 14.2 Å². The summed E-state index contributed by atoms with van der Waals surface area (Å²) in [7, 11) is 3.25. The fourth-order valence-electron chi connectivity index (χ4n) is 1.30. The van der Waals surface area contributed by atoms with Crippen LogP contribution in [-0.2, 0) is 16.1 Å². The first-order valence-electron chi connectivity index (χ1n) is 4.76. The third-order valence-electron chi connectivity index (χ3n) is 2.00. The van der Waals surface area contributed by atoms with E-state index in [9.17, 15) is 0 Å². The minimum absolute atomic E-state index is 0.112. The predicted octanol–water partition coefficient (Wildman–Crippen LogP) is 2.37. The standard InChI is InChI=1S/C10H15ClN2O2/c1-4-8(15-3)10-12-7(6-14-2)5-9(11)13-10/h5,8H,4,6H2,1-3H3. The lowest BCUT2D eigenvalue weighted by atomic mass is 10.2. The smallest absolute Gasteiger partial charge is 0.159 e. The summed E-state index contributed by atoms with van der Waals surface area (Å²) in [4.78, 5) is 8.45. The van der Waals surface area contributed by atoms with Gasteiger partial charge in [0, 0.05) is 14.2 Å². The van der Waals surface area contributed by atoms with Crippen LogP contribution in [0.25, 0.3) is 0 Å². The molecule has 0 aliphatic carbocycles. The molecule has 0 fully saturated rings. The van der Waals surface area contributed by atoms with Crippen molar-refractivity contribution in [3.63, 3.8) is 0 Å². The Morgan fingerprint density at radius 1 is 1.40 bits per heavy atom. The minimum Gasteiger partial charge on any atom is -0.378 e. The summed E-state index contributed by atoms with van der Waals surface area (Å²) < 4.78 is 10.2. The van der Waals surface area contributed by atoms with Gasteiger partial charge in [0.2, 0.25) is 0 Å². The summed E-state index contributed by atoms with van der Waals surface area (Å²) in [5, 5.41) is 0.419. The van der Waals surface area contributed by atoms with Crippen molar-refractivity contribution in [1.29, 1.82) is 0 Å². The summed E-state index contributed by atoms with van der Waals surface area (Å²) in [5.41, 5.74) is 0.767. The van der Waals surface area contributed by atoms with Crippen LogP contribution in [0.3, 0.4) is 0 Å². The number of ether oxygens (including phenoxy) is 2. The molecule has 0 aromatic carbocycles. The van der Waals surface area contributed by atoms with E-state index >= 15 is 0 Å². The first-order chi connectivity index (χ1) is 7.21. The van der Waals surface area contributed by atoms with Crippen LogP contribution >= 0.6 is 11.6 Å². The highest BCUT2D eigenvalue weighted by Gasteiger charge is 2.13. The summed E-state index contributed by atoms with van der Waals surface area (Å²) in [5.74, 6) is 0.611. The molecule has 1 heterocycles. The van der Waals surface area contributed by atoms with Crippen LogP contribution < -0.4 is 0 Å². The molecule has 0 radical (unpaired) electrons. The third kappa shape index (κ3) is 3.41. The molecular formula is C10H15ClN2O2. The van der Waals surface area contributed by atoms with E-state index < -0.39 is 0 Å². The Bertz CT molecular complexity index is 316. The first kappa shape index (κ1) is 12.4. The van der Waals surface area contributed by atoms with Crippen molar-refractivity contribution in [3.8, 4) is 0 Å². The Balaban J connectivity index is 2.96. The van der Waals surface area contributed by atoms with Crippen molar-refractivity contribution < 1.29 is 9.47 Å². The largest absolute Gasteiger partial charge is 0.378 e. The van der Waals surface area contributed by atoms with Crippen LogP contribution in [0.4, 0.5) is 0 Å². The molecule has 0 saturated carbocycles.